The third kappa shape index (κ3) is 2.84. The molecule has 0 radical (unpaired) electrons. The lowest BCUT2D eigenvalue weighted by Crippen LogP contribution is -2.48. The number of hydrogen-bond donors (Lipinski definition) is 1. The van der Waals surface area contributed by atoms with E-state index in [9.17, 15) is 8.42 Å². The standard InChI is InChI=1S/C18H15N5O2S2/c24-27(25,17-6-5-16(26-17)12-7-8-19-20-9-12)23-10-13(11-23)18-21-14-3-1-2-4-15(14)22-18/h1-9,13H,10-11H2,(H,21,22). The maximum absolute atomic E-state index is 12.9. The molecule has 9 heteroatoms. The third-order valence-corrected chi connectivity index (χ3v) is 8.12. The summed E-state index contributed by atoms with van der Waals surface area (Å²) in [6.45, 7) is 0.873. The second-order valence-corrected chi connectivity index (χ2v) is 9.66. The number of sulfonamides is 1. The van der Waals surface area contributed by atoms with E-state index in [0.29, 0.717) is 17.3 Å². The van der Waals surface area contributed by atoms with Crippen LogP contribution in [-0.4, -0.2) is 46.0 Å². The van der Waals surface area contributed by atoms with E-state index in [2.05, 4.69) is 20.2 Å². The lowest BCUT2D eigenvalue weighted by molar-refractivity contribution is 0.258. The molecule has 1 aliphatic heterocycles. The molecule has 1 fully saturated rings. The van der Waals surface area contributed by atoms with Gasteiger partial charge in [0.1, 0.15) is 10.0 Å². The van der Waals surface area contributed by atoms with Gasteiger partial charge in [0.05, 0.1) is 23.4 Å². The quantitative estimate of drug-likeness (QED) is 0.572. The van der Waals surface area contributed by atoms with Crippen LogP contribution in [-0.2, 0) is 10.0 Å². The number of nitrogens with zero attached hydrogens (tertiary/aromatic N) is 4. The molecule has 4 heterocycles. The molecule has 1 N–H and O–H groups in total. The summed E-state index contributed by atoms with van der Waals surface area (Å²) >= 11 is 1.25. The van der Waals surface area contributed by atoms with Gasteiger partial charge in [-0.1, -0.05) is 12.1 Å². The van der Waals surface area contributed by atoms with Crippen LogP contribution in [0, 0.1) is 0 Å². The number of nitrogens with one attached hydrogen (secondary N) is 1. The zero-order chi connectivity index (χ0) is 18.4. The predicted octanol–water partition coefficient (Wildman–Crippen LogP) is 2.87. The lowest BCUT2D eigenvalue weighted by Gasteiger charge is -2.36. The molecular formula is C18H15N5O2S2. The highest BCUT2D eigenvalue weighted by atomic mass is 32.2. The van der Waals surface area contributed by atoms with Gasteiger partial charge in [-0.25, -0.2) is 13.4 Å². The van der Waals surface area contributed by atoms with Gasteiger partial charge in [0.2, 0.25) is 0 Å². The van der Waals surface area contributed by atoms with Gasteiger partial charge in [0, 0.05) is 29.4 Å². The molecule has 0 saturated carbocycles. The maximum atomic E-state index is 12.9. The zero-order valence-electron chi connectivity index (χ0n) is 14.1. The Morgan fingerprint density at radius 2 is 1.93 bits per heavy atom. The SMILES string of the molecule is O=S(=O)(c1ccc(-c2ccnnc2)s1)N1CC(c2nc3ccccc3[nH]2)C1. The van der Waals surface area contributed by atoms with Crippen LogP contribution in [0.2, 0.25) is 0 Å². The summed E-state index contributed by atoms with van der Waals surface area (Å²) in [6.07, 6.45) is 3.22. The van der Waals surface area contributed by atoms with Gasteiger partial charge in [-0.2, -0.15) is 14.5 Å². The van der Waals surface area contributed by atoms with Crippen LogP contribution in [0.5, 0.6) is 0 Å². The van der Waals surface area contributed by atoms with Gasteiger partial charge in [-0.3, -0.25) is 0 Å². The zero-order valence-corrected chi connectivity index (χ0v) is 15.7. The molecule has 7 nitrogen and oxygen atoms in total. The van der Waals surface area contributed by atoms with E-state index < -0.39 is 10.0 Å². The molecule has 4 aromatic rings. The number of aromatic nitrogens is 4. The van der Waals surface area contributed by atoms with Crippen LogP contribution in [0.15, 0.2) is 59.1 Å². The molecule has 1 aromatic carbocycles. The summed E-state index contributed by atoms with van der Waals surface area (Å²) < 4.78 is 27.6. The van der Waals surface area contributed by atoms with Crippen molar-refractivity contribution < 1.29 is 8.42 Å². The number of H-pyrrole nitrogens is 1. The first-order valence-corrected chi connectivity index (χ1v) is 10.7. The number of para-hydroxylation sites is 2. The largest absolute Gasteiger partial charge is 0.342 e. The van der Waals surface area contributed by atoms with E-state index in [4.69, 9.17) is 0 Å². The average molecular weight is 397 g/mol. The smallest absolute Gasteiger partial charge is 0.252 e. The van der Waals surface area contributed by atoms with Crippen molar-refractivity contribution in [2.24, 2.45) is 0 Å². The summed E-state index contributed by atoms with van der Waals surface area (Å²) in [5.41, 5.74) is 2.74. The van der Waals surface area contributed by atoms with Gasteiger partial charge in [0.25, 0.3) is 10.0 Å². The van der Waals surface area contributed by atoms with E-state index in [-0.39, 0.29) is 5.92 Å². The number of rotatable bonds is 4. The van der Waals surface area contributed by atoms with Crippen LogP contribution >= 0.6 is 11.3 Å². The minimum atomic E-state index is -3.49. The lowest BCUT2D eigenvalue weighted by atomic mass is 10.0. The molecule has 136 valence electrons. The fourth-order valence-electron chi connectivity index (χ4n) is 3.15. The number of aromatic amines is 1. The molecule has 3 aromatic heterocycles. The fraction of sp³-hybridized carbons (Fsp3) is 0.167. The first-order chi connectivity index (χ1) is 13.1. The molecule has 1 saturated heterocycles. The molecule has 27 heavy (non-hydrogen) atoms. The van der Waals surface area contributed by atoms with Crippen LogP contribution < -0.4 is 0 Å². The van der Waals surface area contributed by atoms with Crippen molar-refractivity contribution in [1.82, 2.24) is 24.5 Å². The molecule has 0 bridgehead atoms. The van der Waals surface area contributed by atoms with Crippen molar-refractivity contribution >= 4 is 32.4 Å². The van der Waals surface area contributed by atoms with E-state index in [1.54, 1.807) is 18.5 Å². The molecule has 0 unspecified atom stereocenters. The first-order valence-electron chi connectivity index (χ1n) is 8.43. The summed E-state index contributed by atoms with van der Waals surface area (Å²) in [6, 6.07) is 13.1. The van der Waals surface area contributed by atoms with Crippen molar-refractivity contribution in [3.8, 4) is 10.4 Å². The maximum Gasteiger partial charge on any atom is 0.252 e. The number of fused-ring (bicyclic) bond motifs is 1. The van der Waals surface area contributed by atoms with E-state index >= 15 is 0 Å². The van der Waals surface area contributed by atoms with Crippen LogP contribution in [0.25, 0.3) is 21.5 Å². The van der Waals surface area contributed by atoms with Crippen molar-refractivity contribution in [3.05, 3.63) is 60.7 Å². The minimum absolute atomic E-state index is 0.0935. The van der Waals surface area contributed by atoms with Gasteiger partial charge in [-0.05, 0) is 30.3 Å². The van der Waals surface area contributed by atoms with Crippen LogP contribution in [0.3, 0.4) is 0 Å². The highest BCUT2D eigenvalue weighted by Crippen LogP contribution is 2.36. The van der Waals surface area contributed by atoms with Crippen molar-refractivity contribution in [2.45, 2.75) is 10.1 Å². The van der Waals surface area contributed by atoms with E-state index in [0.717, 1.165) is 27.3 Å². The molecular weight excluding hydrogens is 382 g/mol. The second kappa shape index (κ2) is 6.22. The van der Waals surface area contributed by atoms with Crippen molar-refractivity contribution in [1.29, 1.82) is 0 Å². The van der Waals surface area contributed by atoms with Crippen LogP contribution in [0.4, 0.5) is 0 Å². The van der Waals surface area contributed by atoms with Crippen molar-refractivity contribution in [2.75, 3.05) is 13.1 Å². The highest BCUT2D eigenvalue weighted by Gasteiger charge is 2.39. The van der Waals surface area contributed by atoms with Gasteiger partial charge in [0.15, 0.2) is 0 Å². The molecule has 0 aliphatic carbocycles. The monoisotopic (exact) mass is 397 g/mol. The number of benzene rings is 1. The minimum Gasteiger partial charge on any atom is -0.342 e. The van der Waals surface area contributed by atoms with Gasteiger partial charge >= 0.3 is 0 Å². The molecule has 0 amide bonds. The Bertz CT molecular complexity index is 1180. The molecule has 5 rings (SSSR count). The fourth-order valence-corrected chi connectivity index (χ4v) is 6.13. The second-order valence-electron chi connectivity index (χ2n) is 6.41. The Balaban J connectivity index is 1.34. The van der Waals surface area contributed by atoms with Crippen LogP contribution in [0.1, 0.15) is 11.7 Å². The first kappa shape index (κ1) is 16.5. The normalized spacial score (nSPS) is 15.9. The van der Waals surface area contributed by atoms with Gasteiger partial charge in [-0.15, -0.1) is 11.3 Å². The Hall–Kier alpha value is -2.62. The summed E-state index contributed by atoms with van der Waals surface area (Å²) in [7, 11) is -3.49. The summed E-state index contributed by atoms with van der Waals surface area (Å²) in [4.78, 5) is 8.73. The van der Waals surface area contributed by atoms with Crippen molar-refractivity contribution in [3.63, 3.8) is 0 Å². The van der Waals surface area contributed by atoms with E-state index in [1.807, 2.05) is 36.4 Å². The Kier molecular flexibility index (Phi) is 3.81. The Labute approximate surface area is 159 Å². The Morgan fingerprint density at radius 1 is 1.07 bits per heavy atom. The summed E-state index contributed by atoms with van der Waals surface area (Å²) in [5.74, 6) is 0.938. The average Bonchev–Trinajstić information content (AvgIpc) is 3.28. The third-order valence-electron chi connectivity index (χ3n) is 4.69. The molecule has 1 aliphatic rings. The van der Waals surface area contributed by atoms with Gasteiger partial charge < -0.3 is 4.98 Å². The number of thiophene rings is 1. The number of hydrogen-bond acceptors (Lipinski definition) is 6. The van der Waals surface area contributed by atoms with E-state index in [1.165, 1.54) is 15.6 Å². The number of imidazole rings is 1. The molecule has 0 spiro atoms. The highest BCUT2D eigenvalue weighted by molar-refractivity contribution is 7.91. The Morgan fingerprint density at radius 3 is 2.70 bits per heavy atom. The molecule has 0 atom stereocenters. The topological polar surface area (TPSA) is 91.8 Å². The summed E-state index contributed by atoms with van der Waals surface area (Å²) in [5, 5.41) is 7.59. The predicted molar refractivity (Wildman–Crippen MR) is 103 cm³/mol.